The Morgan fingerprint density at radius 2 is 1.77 bits per heavy atom. The molecule has 0 atom stereocenters. The van der Waals surface area contributed by atoms with E-state index in [0.717, 1.165) is 10.9 Å². The lowest BCUT2D eigenvalue weighted by molar-refractivity contribution is -0.0888. The van der Waals surface area contributed by atoms with Gasteiger partial charge in [-0.1, -0.05) is 18.2 Å². The van der Waals surface area contributed by atoms with Gasteiger partial charge in [0, 0.05) is 29.4 Å². The molecular formula is C18H10F3NO4. The van der Waals surface area contributed by atoms with Crippen LogP contribution in [0.2, 0.25) is 0 Å². The Kier molecular flexibility index (Phi) is 3.18. The van der Waals surface area contributed by atoms with E-state index in [1.54, 1.807) is 13.1 Å². The van der Waals surface area contributed by atoms with Crippen LogP contribution in [-0.2, 0) is 7.05 Å². The van der Waals surface area contributed by atoms with Crippen molar-refractivity contribution in [3.63, 3.8) is 0 Å². The standard InChI is InChI=1S/C18H10F3NO4/c1-22-11-5-3-2-4-8(11)9-6-10-13(7-12(9)22)26-17(25)14(15(10)23)16(24)18(19,20)21/h2-7,23H,1H3. The highest BCUT2D eigenvalue weighted by atomic mass is 19.4. The molecule has 2 aromatic heterocycles. The number of hydrogen-bond donors (Lipinski definition) is 1. The molecule has 0 saturated heterocycles. The number of nitrogens with zero attached hydrogens (tertiary/aromatic N) is 1. The third-order valence-corrected chi connectivity index (χ3v) is 4.40. The number of carbonyl (C=O) groups is 1. The quantitative estimate of drug-likeness (QED) is 0.412. The summed E-state index contributed by atoms with van der Waals surface area (Å²) in [5.74, 6) is -3.47. The van der Waals surface area contributed by atoms with Crippen molar-refractivity contribution in [1.29, 1.82) is 0 Å². The van der Waals surface area contributed by atoms with Crippen LogP contribution in [0.25, 0.3) is 32.8 Å². The van der Waals surface area contributed by atoms with Gasteiger partial charge in [-0.3, -0.25) is 4.79 Å². The fourth-order valence-corrected chi connectivity index (χ4v) is 3.18. The highest BCUT2D eigenvalue weighted by Crippen LogP contribution is 2.36. The third-order valence-electron chi connectivity index (χ3n) is 4.40. The lowest BCUT2D eigenvalue weighted by atomic mass is 10.1. The van der Waals surface area contributed by atoms with E-state index in [0.29, 0.717) is 10.9 Å². The molecule has 0 radical (unpaired) electrons. The topological polar surface area (TPSA) is 72.4 Å². The highest BCUT2D eigenvalue weighted by Gasteiger charge is 2.43. The van der Waals surface area contributed by atoms with Crippen molar-refractivity contribution >= 4 is 38.6 Å². The molecule has 0 aliphatic heterocycles. The summed E-state index contributed by atoms with van der Waals surface area (Å²) in [5.41, 5.74) is -1.54. The summed E-state index contributed by atoms with van der Waals surface area (Å²) in [5, 5.41) is 11.5. The monoisotopic (exact) mass is 361 g/mol. The van der Waals surface area contributed by atoms with E-state index in [-0.39, 0.29) is 11.0 Å². The van der Waals surface area contributed by atoms with Crippen molar-refractivity contribution in [2.75, 3.05) is 0 Å². The first kappa shape index (κ1) is 16.2. The van der Waals surface area contributed by atoms with Crippen molar-refractivity contribution in [2.45, 2.75) is 6.18 Å². The smallest absolute Gasteiger partial charge is 0.455 e. The minimum atomic E-state index is -5.30. The number of carbonyl (C=O) groups excluding carboxylic acids is 1. The zero-order valence-corrected chi connectivity index (χ0v) is 13.2. The Balaban J connectivity index is 2.15. The predicted molar refractivity (Wildman–Crippen MR) is 88.5 cm³/mol. The summed E-state index contributed by atoms with van der Waals surface area (Å²) in [6.07, 6.45) is -5.30. The summed E-state index contributed by atoms with van der Waals surface area (Å²) in [6, 6.07) is 10.2. The number of aromatic hydroxyl groups is 1. The lowest BCUT2D eigenvalue weighted by Gasteiger charge is -2.08. The number of rotatable bonds is 1. The first-order valence-corrected chi connectivity index (χ1v) is 7.48. The molecule has 4 aromatic rings. The number of aryl methyl sites for hydroxylation is 1. The lowest BCUT2D eigenvalue weighted by Crippen LogP contribution is -2.28. The van der Waals surface area contributed by atoms with Gasteiger partial charge in [-0.25, -0.2) is 4.79 Å². The number of hydrogen-bond acceptors (Lipinski definition) is 4. The normalized spacial score (nSPS) is 12.3. The average Bonchev–Trinajstić information content (AvgIpc) is 2.85. The van der Waals surface area contributed by atoms with Crippen LogP contribution >= 0.6 is 0 Å². The molecule has 0 aliphatic carbocycles. The number of Topliss-reactive ketones (excluding diaryl/α,β-unsaturated/α-hetero) is 1. The van der Waals surface area contributed by atoms with E-state index in [1.807, 2.05) is 22.8 Å². The first-order valence-electron chi connectivity index (χ1n) is 7.48. The number of ketones is 1. The summed E-state index contributed by atoms with van der Waals surface area (Å²) in [4.78, 5) is 23.4. The van der Waals surface area contributed by atoms with Crippen LogP contribution in [0.15, 0.2) is 45.6 Å². The van der Waals surface area contributed by atoms with Gasteiger partial charge >= 0.3 is 11.8 Å². The van der Waals surface area contributed by atoms with E-state index >= 15 is 0 Å². The Morgan fingerprint density at radius 3 is 2.46 bits per heavy atom. The summed E-state index contributed by atoms with van der Waals surface area (Å²) in [7, 11) is 1.79. The van der Waals surface area contributed by atoms with E-state index in [9.17, 15) is 27.9 Å². The number of alkyl halides is 3. The molecule has 0 spiro atoms. The second kappa shape index (κ2) is 5.10. The van der Waals surface area contributed by atoms with Crippen molar-refractivity contribution in [2.24, 2.45) is 7.05 Å². The van der Waals surface area contributed by atoms with Gasteiger partial charge in [0.25, 0.3) is 5.78 Å². The second-order valence-electron chi connectivity index (χ2n) is 5.88. The number of halogens is 3. The molecule has 5 nitrogen and oxygen atoms in total. The number of fused-ring (bicyclic) bond motifs is 4. The minimum absolute atomic E-state index is 0.107. The SMILES string of the molecule is Cn1c2ccccc2c2cc3c(O)c(C(=O)C(F)(F)F)c(=O)oc3cc21. The summed E-state index contributed by atoms with van der Waals surface area (Å²) in [6.45, 7) is 0. The summed E-state index contributed by atoms with van der Waals surface area (Å²) < 4.78 is 44.9. The second-order valence-corrected chi connectivity index (χ2v) is 5.88. The van der Waals surface area contributed by atoms with Gasteiger partial charge in [0.1, 0.15) is 11.3 Å². The maximum Gasteiger partial charge on any atom is 0.455 e. The molecule has 0 unspecified atom stereocenters. The van der Waals surface area contributed by atoms with Gasteiger partial charge in [-0.2, -0.15) is 13.2 Å². The van der Waals surface area contributed by atoms with Crippen LogP contribution < -0.4 is 5.63 Å². The largest absolute Gasteiger partial charge is 0.506 e. The molecule has 0 fully saturated rings. The van der Waals surface area contributed by atoms with Gasteiger partial charge in [0.05, 0.1) is 10.9 Å². The zero-order valence-electron chi connectivity index (χ0n) is 13.2. The molecule has 0 aliphatic rings. The van der Waals surface area contributed by atoms with Crippen LogP contribution in [0, 0.1) is 0 Å². The van der Waals surface area contributed by atoms with Crippen LogP contribution in [-0.4, -0.2) is 21.6 Å². The molecule has 4 rings (SSSR count). The Hall–Kier alpha value is -3.29. The van der Waals surface area contributed by atoms with Crippen molar-refractivity contribution in [3.8, 4) is 5.75 Å². The van der Waals surface area contributed by atoms with Crippen LogP contribution in [0.4, 0.5) is 13.2 Å². The zero-order chi connectivity index (χ0) is 18.8. The van der Waals surface area contributed by atoms with Crippen LogP contribution in [0.1, 0.15) is 10.4 Å². The van der Waals surface area contributed by atoms with Gasteiger partial charge in [-0.15, -0.1) is 0 Å². The molecular weight excluding hydrogens is 351 g/mol. The highest BCUT2D eigenvalue weighted by molar-refractivity contribution is 6.14. The Bertz CT molecular complexity index is 1280. The molecule has 8 heteroatoms. The van der Waals surface area contributed by atoms with Crippen LogP contribution in [0.3, 0.4) is 0 Å². The van der Waals surface area contributed by atoms with E-state index in [2.05, 4.69) is 0 Å². The number of aromatic nitrogens is 1. The van der Waals surface area contributed by atoms with Crippen LogP contribution in [0.5, 0.6) is 5.75 Å². The number of benzene rings is 2. The fourth-order valence-electron chi connectivity index (χ4n) is 3.18. The maximum absolute atomic E-state index is 12.7. The molecule has 0 bridgehead atoms. The Labute approximate surface area is 142 Å². The van der Waals surface area contributed by atoms with Gasteiger partial charge in [0.2, 0.25) is 0 Å². The fraction of sp³-hybridized carbons (Fsp3) is 0.111. The van der Waals surface area contributed by atoms with Crippen molar-refractivity contribution in [3.05, 3.63) is 52.4 Å². The predicted octanol–water partition coefficient (Wildman–Crippen LogP) is 3.89. The maximum atomic E-state index is 12.7. The molecule has 2 heterocycles. The third kappa shape index (κ3) is 2.11. The Morgan fingerprint density at radius 1 is 1.08 bits per heavy atom. The molecule has 2 aromatic carbocycles. The molecule has 0 saturated carbocycles. The first-order chi connectivity index (χ1) is 12.2. The number of para-hydroxylation sites is 1. The summed E-state index contributed by atoms with van der Waals surface area (Å²) >= 11 is 0. The molecule has 26 heavy (non-hydrogen) atoms. The van der Waals surface area contributed by atoms with Gasteiger partial charge in [-0.05, 0) is 12.1 Å². The van der Waals surface area contributed by atoms with Crippen molar-refractivity contribution in [1.82, 2.24) is 4.57 Å². The van der Waals surface area contributed by atoms with Gasteiger partial charge < -0.3 is 14.1 Å². The van der Waals surface area contributed by atoms with Crippen molar-refractivity contribution < 1.29 is 27.5 Å². The van der Waals surface area contributed by atoms with Gasteiger partial charge in [0.15, 0.2) is 5.56 Å². The minimum Gasteiger partial charge on any atom is -0.506 e. The average molecular weight is 361 g/mol. The molecule has 132 valence electrons. The van der Waals surface area contributed by atoms with E-state index in [4.69, 9.17) is 4.42 Å². The van der Waals surface area contributed by atoms with E-state index < -0.39 is 28.9 Å². The molecule has 0 amide bonds. The van der Waals surface area contributed by atoms with E-state index in [1.165, 1.54) is 12.1 Å². The molecule has 1 N–H and O–H groups in total.